The highest BCUT2D eigenvalue weighted by Gasteiger charge is 2.45. The van der Waals surface area contributed by atoms with Crippen LogP contribution >= 0.6 is 0 Å². The van der Waals surface area contributed by atoms with Crippen LogP contribution in [-0.2, 0) is 9.63 Å². The minimum atomic E-state index is -0.825. The second kappa shape index (κ2) is 12.9. The maximum Gasteiger partial charge on any atom is 0.303 e. The Hall–Kier alpha value is -1.55. The van der Waals surface area contributed by atoms with Gasteiger partial charge in [-0.25, -0.2) is 0 Å². The molecule has 0 spiro atoms. The Morgan fingerprint density at radius 2 is 1.90 bits per heavy atom. The van der Waals surface area contributed by atoms with E-state index in [1.165, 1.54) is 32.1 Å². The summed E-state index contributed by atoms with van der Waals surface area (Å²) in [4.78, 5) is 15.8. The van der Waals surface area contributed by atoms with Crippen molar-refractivity contribution in [2.75, 3.05) is 6.61 Å². The van der Waals surface area contributed by atoms with Crippen molar-refractivity contribution < 1.29 is 25.0 Å². The largest absolute Gasteiger partial charge is 0.481 e. The zero-order valence-corrected chi connectivity index (χ0v) is 17.7. The lowest BCUT2D eigenvalue weighted by Gasteiger charge is -2.30. The molecule has 0 heterocycles. The van der Waals surface area contributed by atoms with E-state index in [2.05, 4.69) is 24.2 Å². The van der Waals surface area contributed by atoms with E-state index in [9.17, 15) is 15.0 Å². The molecule has 1 fully saturated rings. The van der Waals surface area contributed by atoms with Crippen LogP contribution in [0.15, 0.2) is 11.3 Å². The Morgan fingerprint density at radius 3 is 2.62 bits per heavy atom. The summed E-state index contributed by atoms with van der Waals surface area (Å²) < 4.78 is 0. The first kappa shape index (κ1) is 23.7. The third-order valence-electron chi connectivity index (χ3n) is 5.87. The molecule has 0 aromatic rings. The van der Waals surface area contributed by atoms with E-state index in [-0.39, 0.29) is 18.3 Å². The number of allylic oxidation sites excluding steroid dienone is 1. The van der Waals surface area contributed by atoms with Crippen LogP contribution in [0.25, 0.3) is 0 Å². The van der Waals surface area contributed by atoms with Gasteiger partial charge in [-0.2, -0.15) is 0 Å². The van der Waals surface area contributed by atoms with Gasteiger partial charge in [-0.3, -0.25) is 15.1 Å². The predicted molar refractivity (Wildman–Crippen MR) is 112 cm³/mol. The number of nitrogens with one attached hydrogen (secondary N) is 1. The van der Waals surface area contributed by atoms with Crippen molar-refractivity contribution in [3.8, 4) is 11.8 Å². The summed E-state index contributed by atoms with van der Waals surface area (Å²) in [6.07, 6.45) is 10.1. The summed E-state index contributed by atoms with van der Waals surface area (Å²) in [7, 11) is 0. The van der Waals surface area contributed by atoms with E-state index in [0.29, 0.717) is 25.9 Å². The maximum absolute atomic E-state index is 10.5. The Kier molecular flexibility index (Phi) is 10.5. The lowest BCUT2D eigenvalue weighted by atomic mass is 9.83. The number of hydroxylamine groups is 1. The first-order valence-corrected chi connectivity index (χ1v) is 11.2. The Balaban J connectivity index is 1.64. The molecule has 0 aromatic heterocycles. The number of aliphatic carboxylic acids is 1. The lowest BCUT2D eigenvalue weighted by molar-refractivity contribution is -0.137. The number of carbonyl (C=O) groups is 1. The van der Waals surface area contributed by atoms with Gasteiger partial charge < -0.3 is 15.3 Å². The molecule has 6 heteroatoms. The van der Waals surface area contributed by atoms with E-state index in [4.69, 9.17) is 9.94 Å². The van der Waals surface area contributed by atoms with Gasteiger partial charge >= 0.3 is 5.97 Å². The number of fused-ring (bicyclic) bond motifs is 1. The van der Waals surface area contributed by atoms with Gasteiger partial charge in [0.1, 0.15) is 6.10 Å². The molecule has 1 saturated carbocycles. The molecule has 6 nitrogen and oxygen atoms in total. The standard InChI is InChI=1S/C23H37NO5/c1-2-3-4-5-6-7-8-10-18(25)13-12-17-15-19-20(23(17)28)16-21(19)24-29-14-9-11-22(26)27/h17-18,20,23-25,28H,2-11,14-16H2,1H3,(H,26,27). The van der Waals surface area contributed by atoms with Gasteiger partial charge in [0.25, 0.3) is 0 Å². The third kappa shape index (κ3) is 8.00. The summed E-state index contributed by atoms with van der Waals surface area (Å²) in [5.41, 5.74) is 5.03. The fourth-order valence-corrected chi connectivity index (χ4v) is 4.05. The first-order valence-electron chi connectivity index (χ1n) is 11.2. The van der Waals surface area contributed by atoms with E-state index in [0.717, 1.165) is 30.5 Å². The van der Waals surface area contributed by atoms with Crippen LogP contribution < -0.4 is 5.48 Å². The molecule has 2 rings (SSSR count). The van der Waals surface area contributed by atoms with Crippen molar-refractivity contribution in [3.05, 3.63) is 11.3 Å². The van der Waals surface area contributed by atoms with Crippen LogP contribution in [0.5, 0.6) is 0 Å². The Bertz CT molecular complexity index is 606. The van der Waals surface area contributed by atoms with Crippen molar-refractivity contribution in [1.29, 1.82) is 0 Å². The summed E-state index contributed by atoms with van der Waals surface area (Å²) >= 11 is 0. The topological polar surface area (TPSA) is 99.0 Å². The quantitative estimate of drug-likeness (QED) is 0.200. The molecule has 2 aliphatic rings. The molecule has 0 radical (unpaired) electrons. The molecule has 0 bridgehead atoms. The SMILES string of the molecule is CCCCCCCCCC(O)C#CC1CC2=C(NOCCCC(=O)O)CC2C1O. The molecule has 29 heavy (non-hydrogen) atoms. The van der Waals surface area contributed by atoms with Gasteiger partial charge in [0.15, 0.2) is 0 Å². The normalized spacial score (nSPS) is 23.8. The van der Waals surface area contributed by atoms with Gasteiger partial charge in [-0.1, -0.05) is 57.3 Å². The number of carboxylic acids is 1. The van der Waals surface area contributed by atoms with Crippen LogP contribution in [0, 0.1) is 23.7 Å². The van der Waals surface area contributed by atoms with Crippen LogP contribution in [0.1, 0.15) is 84.0 Å². The minimum Gasteiger partial charge on any atom is -0.481 e. The molecule has 164 valence electrons. The van der Waals surface area contributed by atoms with Crippen molar-refractivity contribution >= 4 is 5.97 Å². The molecule has 4 atom stereocenters. The fraction of sp³-hybridized carbons (Fsp3) is 0.783. The number of aliphatic hydroxyl groups excluding tert-OH is 2. The van der Waals surface area contributed by atoms with Gasteiger partial charge in [-0.15, -0.1) is 0 Å². The number of hydrogen-bond donors (Lipinski definition) is 4. The zero-order valence-electron chi connectivity index (χ0n) is 17.7. The second-order valence-electron chi connectivity index (χ2n) is 8.28. The second-order valence-corrected chi connectivity index (χ2v) is 8.28. The average Bonchev–Trinajstić information content (AvgIpc) is 2.92. The van der Waals surface area contributed by atoms with Crippen molar-refractivity contribution in [3.63, 3.8) is 0 Å². The third-order valence-corrected chi connectivity index (χ3v) is 5.87. The first-order chi connectivity index (χ1) is 14.0. The molecule has 0 aliphatic heterocycles. The molecule has 0 aromatic carbocycles. The van der Waals surface area contributed by atoms with Gasteiger partial charge in [0, 0.05) is 18.0 Å². The predicted octanol–water partition coefficient (Wildman–Crippen LogP) is 3.53. The molecular weight excluding hydrogens is 370 g/mol. The highest BCUT2D eigenvalue weighted by Crippen LogP contribution is 2.48. The van der Waals surface area contributed by atoms with Gasteiger partial charge in [0.2, 0.25) is 0 Å². The summed E-state index contributed by atoms with van der Waals surface area (Å²) in [6, 6.07) is 0. The van der Waals surface area contributed by atoms with Crippen LogP contribution in [-0.4, -0.2) is 40.1 Å². The molecule has 4 N–H and O–H groups in total. The summed E-state index contributed by atoms with van der Waals surface area (Å²) in [5, 5.41) is 29.2. The van der Waals surface area contributed by atoms with Crippen LogP contribution in [0.3, 0.4) is 0 Å². The highest BCUT2D eigenvalue weighted by atomic mass is 16.6. The number of carboxylic acid groups (broad SMARTS) is 1. The summed E-state index contributed by atoms with van der Waals surface area (Å²) in [5.74, 6) is 5.19. The van der Waals surface area contributed by atoms with Crippen molar-refractivity contribution in [2.24, 2.45) is 11.8 Å². The molecule has 0 amide bonds. The van der Waals surface area contributed by atoms with Crippen molar-refractivity contribution in [2.45, 2.75) is 96.2 Å². The molecule has 2 aliphatic carbocycles. The van der Waals surface area contributed by atoms with Crippen LogP contribution in [0.2, 0.25) is 0 Å². The highest BCUT2D eigenvalue weighted by molar-refractivity contribution is 5.66. The van der Waals surface area contributed by atoms with E-state index in [1.807, 2.05) is 0 Å². The molecule has 0 saturated heterocycles. The van der Waals surface area contributed by atoms with Gasteiger partial charge in [0.05, 0.1) is 18.6 Å². The monoisotopic (exact) mass is 407 g/mol. The number of aliphatic hydroxyl groups is 2. The number of hydrogen-bond acceptors (Lipinski definition) is 5. The average molecular weight is 408 g/mol. The van der Waals surface area contributed by atoms with E-state index >= 15 is 0 Å². The minimum absolute atomic E-state index is 0.0910. The molecular formula is C23H37NO5. The number of unbranched alkanes of at least 4 members (excludes halogenated alkanes) is 6. The fourth-order valence-electron chi connectivity index (χ4n) is 4.05. The van der Waals surface area contributed by atoms with E-state index < -0.39 is 18.2 Å². The van der Waals surface area contributed by atoms with E-state index in [1.54, 1.807) is 0 Å². The van der Waals surface area contributed by atoms with Crippen molar-refractivity contribution in [1.82, 2.24) is 5.48 Å². The Labute approximate surface area is 174 Å². The van der Waals surface area contributed by atoms with Crippen LogP contribution in [0.4, 0.5) is 0 Å². The smallest absolute Gasteiger partial charge is 0.303 e. The summed E-state index contributed by atoms with van der Waals surface area (Å²) in [6.45, 7) is 2.55. The zero-order chi connectivity index (χ0) is 21.1. The Morgan fingerprint density at radius 1 is 1.17 bits per heavy atom. The molecule has 4 unspecified atom stereocenters. The lowest BCUT2D eigenvalue weighted by Crippen LogP contribution is -2.32. The van der Waals surface area contributed by atoms with Gasteiger partial charge in [-0.05, 0) is 37.7 Å². The number of rotatable bonds is 14. The maximum atomic E-state index is 10.5.